The van der Waals surface area contributed by atoms with Gasteiger partial charge in [0.25, 0.3) is 5.19 Å². The summed E-state index contributed by atoms with van der Waals surface area (Å²) in [7, 11) is 0. The predicted octanol–water partition coefficient (Wildman–Crippen LogP) is 3.85. The number of aliphatic hydroxyl groups excluding tert-OH is 1. The summed E-state index contributed by atoms with van der Waals surface area (Å²) in [4.78, 5) is 4.38. The van der Waals surface area contributed by atoms with E-state index < -0.39 is 6.10 Å². The first-order chi connectivity index (χ1) is 9.61. The van der Waals surface area contributed by atoms with Gasteiger partial charge in [-0.2, -0.15) is 0 Å². The summed E-state index contributed by atoms with van der Waals surface area (Å²) in [5.74, 6) is 0.820. The van der Waals surface area contributed by atoms with Crippen LogP contribution in [0.1, 0.15) is 18.6 Å². The fourth-order valence-electron chi connectivity index (χ4n) is 1.84. The van der Waals surface area contributed by atoms with E-state index >= 15 is 0 Å². The standard InChI is InChI=1S/C15H13NO3S/c1-9(17)10-2-7-13-14(8-10)20-15(16-13)19-12-5-3-11(18)4-6-12/h2-9,17-18H,1H3. The van der Waals surface area contributed by atoms with Crippen LogP contribution in [0.5, 0.6) is 16.7 Å². The highest BCUT2D eigenvalue weighted by molar-refractivity contribution is 7.20. The zero-order valence-electron chi connectivity index (χ0n) is 10.8. The summed E-state index contributed by atoms with van der Waals surface area (Å²) in [5, 5.41) is 19.3. The molecular formula is C15H13NO3S. The van der Waals surface area contributed by atoms with Crippen LogP contribution in [0.15, 0.2) is 42.5 Å². The Morgan fingerprint density at radius 2 is 1.90 bits per heavy atom. The van der Waals surface area contributed by atoms with Gasteiger partial charge in [-0.25, -0.2) is 4.98 Å². The molecule has 0 bridgehead atoms. The highest BCUT2D eigenvalue weighted by Crippen LogP contribution is 2.33. The molecule has 0 aliphatic carbocycles. The molecule has 0 fully saturated rings. The van der Waals surface area contributed by atoms with Gasteiger partial charge >= 0.3 is 0 Å². The van der Waals surface area contributed by atoms with Gasteiger partial charge in [0.05, 0.1) is 16.3 Å². The number of benzene rings is 2. The minimum atomic E-state index is -0.497. The lowest BCUT2D eigenvalue weighted by atomic mass is 10.1. The van der Waals surface area contributed by atoms with Crippen LogP contribution in [0.2, 0.25) is 0 Å². The molecule has 4 nitrogen and oxygen atoms in total. The normalized spacial score (nSPS) is 12.5. The number of aromatic hydroxyl groups is 1. The van der Waals surface area contributed by atoms with Crippen molar-refractivity contribution in [2.24, 2.45) is 0 Å². The maximum atomic E-state index is 9.58. The number of thiazole rings is 1. The van der Waals surface area contributed by atoms with Gasteiger partial charge in [-0.1, -0.05) is 17.4 Å². The zero-order valence-corrected chi connectivity index (χ0v) is 11.6. The Hall–Kier alpha value is -2.11. The molecule has 2 N–H and O–H groups in total. The molecule has 0 radical (unpaired) electrons. The highest BCUT2D eigenvalue weighted by atomic mass is 32.1. The molecule has 3 aromatic rings. The van der Waals surface area contributed by atoms with Crippen molar-refractivity contribution in [1.82, 2.24) is 4.98 Å². The Morgan fingerprint density at radius 1 is 1.15 bits per heavy atom. The van der Waals surface area contributed by atoms with Gasteiger partial charge < -0.3 is 14.9 Å². The minimum absolute atomic E-state index is 0.197. The third-order valence-corrected chi connectivity index (χ3v) is 3.81. The highest BCUT2D eigenvalue weighted by Gasteiger charge is 2.08. The molecule has 3 rings (SSSR count). The van der Waals surface area contributed by atoms with E-state index in [-0.39, 0.29) is 5.75 Å². The van der Waals surface area contributed by atoms with Crippen LogP contribution in [0.25, 0.3) is 10.2 Å². The Bertz CT molecular complexity index is 734. The average molecular weight is 287 g/mol. The van der Waals surface area contributed by atoms with Crippen molar-refractivity contribution in [1.29, 1.82) is 0 Å². The van der Waals surface area contributed by atoms with Gasteiger partial charge in [-0.15, -0.1) is 0 Å². The Kier molecular flexibility index (Phi) is 3.30. The van der Waals surface area contributed by atoms with Crippen molar-refractivity contribution in [3.8, 4) is 16.7 Å². The van der Waals surface area contributed by atoms with Crippen LogP contribution in [0.4, 0.5) is 0 Å². The molecule has 2 aromatic carbocycles. The van der Waals surface area contributed by atoms with E-state index in [1.165, 1.54) is 11.3 Å². The number of hydrogen-bond donors (Lipinski definition) is 2. The Labute approximate surface area is 119 Å². The second kappa shape index (κ2) is 5.11. The second-order valence-corrected chi connectivity index (χ2v) is 5.47. The van der Waals surface area contributed by atoms with E-state index in [4.69, 9.17) is 4.74 Å². The van der Waals surface area contributed by atoms with Crippen LogP contribution in [0.3, 0.4) is 0 Å². The number of phenols is 1. The molecule has 5 heteroatoms. The average Bonchev–Trinajstić information content (AvgIpc) is 2.82. The van der Waals surface area contributed by atoms with Crippen molar-refractivity contribution < 1.29 is 14.9 Å². The number of phenolic OH excluding ortho intramolecular Hbond substituents is 1. The maximum Gasteiger partial charge on any atom is 0.279 e. The quantitative estimate of drug-likeness (QED) is 0.768. The summed E-state index contributed by atoms with van der Waals surface area (Å²) >= 11 is 1.42. The van der Waals surface area contributed by atoms with E-state index in [1.807, 2.05) is 18.2 Å². The van der Waals surface area contributed by atoms with Crippen molar-refractivity contribution in [2.45, 2.75) is 13.0 Å². The van der Waals surface area contributed by atoms with Crippen LogP contribution < -0.4 is 4.74 Å². The molecule has 1 unspecified atom stereocenters. The molecule has 0 spiro atoms. The summed E-state index contributed by atoms with van der Waals surface area (Å²) in [6.07, 6.45) is -0.497. The third-order valence-electron chi connectivity index (χ3n) is 2.92. The largest absolute Gasteiger partial charge is 0.508 e. The number of ether oxygens (including phenoxy) is 1. The lowest BCUT2D eigenvalue weighted by Crippen LogP contribution is -1.89. The number of nitrogens with zero attached hydrogens (tertiary/aromatic N) is 1. The van der Waals surface area contributed by atoms with E-state index in [9.17, 15) is 10.2 Å². The lowest BCUT2D eigenvalue weighted by Gasteiger charge is -2.02. The van der Waals surface area contributed by atoms with E-state index in [0.29, 0.717) is 10.9 Å². The molecule has 0 amide bonds. The first kappa shape index (κ1) is 12.9. The first-order valence-corrected chi connectivity index (χ1v) is 6.99. The summed E-state index contributed by atoms with van der Waals surface area (Å²) in [5.41, 5.74) is 1.70. The fourth-order valence-corrected chi connectivity index (χ4v) is 2.72. The molecule has 1 atom stereocenters. The SMILES string of the molecule is CC(O)c1ccc2nc(Oc3ccc(O)cc3)sc2c1. The summed E-state index contributed by atoms with van der Waals surface area (Å²) in [6.45, 7) is 1.73. The Balaban J connectivity index is 1.90. The first-order valence-electron chi connectivity index (χ1n) is 6.17. The second-order valence-electron chi connectivity index (χ2n) is 4.48. The van der Waals surface area contributed by atoms with Crippen LogP contribution >= 0.6 is 11.3 Å². The van der Waals surface area contributed by atoms with Crippen molar-refractivity contribution in [3.63, 3.8) is 0 Å². The third kappa shape index (κ3) is 2.59. The molecule has 20 heavy (non-hydrogen) atoms. The van der Waals surface area contributed by atoms with E-state index in [0.717, 1.165) is 15.8 Å². The molecule has 0 saturated carbocycles. The molecule has 1 heterocycles. The number of hydrogen-bond acceptors (Lipinski definition) is 5. The van der Waals surface area contributed by atoms with Gasteiger partial charge in [-0.3, -0.25) is 0 Å². The van der Waals surface area contributed by atoms with Gasteiger partial charge in [0, 0.05) is 0 Å². The number of aliphatic hydroxyl groups is 1. The fraction of sp³-hybridized carbons (Fsp3) is 0.133. The van der Waals surface area contributed by atoms with Gasteiger partial charge in [0.2, 0.25) is 0 Å². The van der Waals surface area contributed by atoms with Crippen molar-refractivity contribution in [3.05, 3.63) is 48.0 Å². The van der Waals surface area contributed by atoms with E-state index in [1.54, 1.807) is 31.2 Å². The molecule has 0 aliphatic rings. The lowest BCUT2D eigenvalue weighted by molar-refractivity contribution is 0.199. The van der Waals surface area contributed by atoms with Gasteiger partial charge in [0.1, 0.15) is 11.5 Å². The van der Waals surface area contributed by atoms with Crippen LogP contribution in [-0.4, -0.2) is 15.2 Å². The molecule has 1 aromatic heterocycles. The summed E-state index contributed by atoms with van der Waals surface area (Å²) < 4.78 is 6.62. The smallest absolute Gasteiger partial charge is 0.279 e. The van der Waals surface area contributed by atoms with Gasteiger partial charge in [0.15, 0.2) is 0 Å². The number of fused-ring (bicyclic) bond motifs is 1. The zero-order chi connectivity index (χ0) is 14.1. The number of aromatic nitrogens is 1. The topological polar surface area (TPSA) is 62.6 Å². The monoisotopic (exact) mass is 287 g/mol. The van der Waals surface area contributed by atoms with Crippen LogP contribution in [0, 0.1) is 0 Å². The van der Waals surface area contributed by atoms with Crippen molar-refractivity contribution in [2.75, 3.05) is 0 Å². The van der Waals surface area contributed by atoms with Crippen LogP contribution in [-0.2, 0) is 0 Å². The molecule has 102 valence electrons. The van der Waals surface area contributed by atoms with E-state index in [2.05, 4.69) is 4.98 Å². The molecule has 0 saturated heterocycles. The maximum absolute atomic E-state index is 9.58. The Morgan fingerprint density at radius 3 is 2.60 bits per heavy atom. The molecule has 0 aliphatic heterocycles. The van der Waals surface area contributed by atoms with Gasteiger partial charge in [-0.05, 0) is 48.9 Å². The predicted molar refractivity (Wildman–Crippen MR) is 78.4 cm³/mol. The molecular weight excluding hydrogens is 274 g/mol. The summed E-state index contributed by atoms with van der Waals surface area (Å²) in [6, 6.07) is 12.1. The number of rotatable bonds is 3. The minimum Gasteiger partial charge on any atom is -0.508 e. The van der Waals surface area contributed by atoms with Crippen molar-refractivity contribution >= 4 is 21.6 Å².